The van der Waals surface area contributed by atoms with Crippen LogP contribution in [0, 0.1) is 13.8 Å². The molecule has 1 N–H and O–H groups in total. The Hall–Kier alpha value is -3.03. The van der Waals surface area contributed by atoms with Crippen molar-refractivity contribution in [3.8, 4) is 0 Å². The number of likely N-dealkylation sites (tertiary alicyclic amines) is 1. The van der Waals surface area contributed by atoms with E-state index in [1.807, 2.05) is 19.9 Å². The maximum Gasteiger partial charge on any atom is 0.410 e. The predicted molar refractivity (Wildman–Crippen MR) is 104 cm³/mol. The zero-order valence-corrected chi connectivity index (χ0v) is 16.2. The van der Waals surface area contributed by atoms with Gasteiger partial charge in [0.15, 0.2) is 0 Å². The number of aryl methyl sites for hydroxylation is 2. The summed E-state index contributed by atoms with van der Waals surface area (Å²) in [6, 6.07) is 4.78. The lowest BCUT2D eigenvalue weighted by Crippen LogP contribution is -2.53. The second-order valence-electron chi connectivity index (χ2n) is 7.77. The first-order valence-electron chi connectivity index (χ1n) is 9.31. The van der Waals surface area contributed by atoms with Gasteiger partial charge >= 0.3 is 17.7 Å². The number of carbonyl (C=O) groups excluding carboxylic acids is 2. The number of nitrogens with one attached hydrogen (secondary N) is 1. The molecule has 28 heavy (non-hydrogen) atoms. The Kier molecular flexibility index (Phi) is 4.28. The van der Waals surface area contributed by atoms with Crippen molar-refractivity contribution < 1.29 is 18.7 Å². The zero-order chi connectivity index (χ0) is 20.1. The van der Waals surface area contributed by atoms with Crippen molar-refractivity contribution in [1.82, 2.24) is 9.80 Å². The Bertz CT molecular complexity index is 1030. The van der Waals surface area contributed by atoms with E-state index in [2.05, 4.69) is 5.32 Å². The van der Waals surface area contributed by atoms with Crippen LogP contribution in [0.5, 0.6) is 0 Å². The van der Waals surface area contributed by atoms with Crippen molar-refractivity contribution in [2.45, 2.75) is 32.3 Å². The predicted octanol–water partition coefficient (Wildman–Crippen LogP) is 2.86. The second-order valence-corrected chi connectivity index (χ2v) is 7.77. The molecular formula is C20H23N3O5. The third kappa shape index (κ3) is 3.19. The largest absolute Gasteiger partial charge is 0.439 e. The van der Waals surface area contributed by atoms with Crippen LogP contribution < -0.4 is 10.9 Å². The number of anilines is 1. The van der Waals surface area contributed by atoms with Crippen molar-refractivity contribution in [2.24, 2.45) is 0 Å². The molecule has 1 atom stereocenters. The maximum absolute atomic E-state index is 12.9. The van der Waals surface area contributed by atoms with Gasteiger partial charge in [-0.2, -0.15) is 0 Å². The quantitative estimate of drug-likeness (QED) is 0.762. The fraction of sp³-hybridized carbons (Fsp3) is 0.450. The number of hydrogen-bond donors (Lipinski definition) is 1. The fourth-order valence-corrected chi connectivity index (χ4v) is 4.07. The Labute approximate surface area is 162 Å². The summed E-state index contributed by atoms with van der Waals surface area (Å²) >= 11 is 0. The Morgan fingerprint density at radius 3 is 2.64 bits per heavy atom. The number of nitrogens with zero attached hydrogens (tertiary/aromatic N) is 2. The van der Waals surface area contributed by atoms with Gasteiger partial charge in [0.05, 0.1) is 13.1 Å². The first-order chi connectivity index (χ1) is 13.3. The molecule has 2 aliphatic heterocycles. The molecule has 3 heterocycles. The Morgan fingerprint density at radius 1 is 1.14 bits per heavy atom. The summed E-state index contributed by atoms with van der Waals surface area (Å²) in [6.07, 6.45) is 1.18. The number of amides is 3. The topological polar surface area (TPSA) is 92.1 Å². The minimum atomic E-state index is -0.625. The van der Waals surface area contributed by atoms with Crippen molar-refractivity contribution in [2.75, 3.05) is 32.0 Å². The summed E-state index contributed by atoms with van der Waals surface area (Å²) in [6.45, 7) is 5.15. The average Bonchev–Trinajstić information content (AvgIpc) is 2.89. The van der Waals surface area contributed by atoms with Crippen molar-refractivity contribution in [3.05, 3.63) is 39.7 Å². The molecule has 1 aromatic heterocycles. The van der Waals surface area contributed by atoms with Crippen LogP contribution in [0.3, 0.4) is 0 Å². The number of fused-ring (bicyclic) bond motifs is 1. The fourth-order valence-electron chi connectivity index (χ4n) is 4.07. The van der Waals surface area contributed by atoms with E-state index in [0.29, 0.717) is 30.9 Å². The number of ether oxygens (including phenoxy) is 1. The van der Waals surface area contributed by atoms with Crippen LogP contribution >= 0.6 is 0 Å². The highest BCUT2D eigenvalue weighted by Gasteiger charge is 2.47. The summed E-state index contributed by atoms with van der Waals surface area (Å²) in [5.41, 5.74) is 1.73. The molecule has 148 valence electrons. The number of piperidine rings is 1. The lowest BCUT2D eigenvalue weighted by molar-refractivity contribution is 0.00497. The number of benzene rings is 1. The van der Waals surface area contributed by atoms with Gasteiger partial charge in [0, 0.05) is 30.7 Å². The SMILES string of the molecule is Cc1cc2oc(=O)cc(C)c2cc1NC(=O)N1CCC[C@]2(CN(C)C(=O)O2)C1. The molecule has 8 nitrogen and oxygen atoms in total. The lowest BCUT2D eigenvalue weighted by Gasteiger charge is -2.38. The van der Waals surface area contributed by atoms with Gasteiger partial charge < -0.3 is 24.3 Å². The minimum absolute atomic E-state index is 0.234. The summed E-state index contributed by atoms with van der Waals surface area (Å²) in [7, 11) is 1.70. The first-order valence-corrected chi connectivity index (χ1v) is 9.31. The first kappa shape index (κ1) is 18.3. The van der Waals surface area contributed by atoms with Gasteiger partial charge in [0.2, 0.25) is 0 Å². The standard InChI is InChI=1S/C20H23N3O5/c1-12-8-17(24)27-16-7-13(2)15(9-14(12)16)21-18(25)23-6-4-5-20(11-23)10-22(3)19(26)28-20/h7-9H,4-6,10-11H2,1-3H3,(H,21,25)/t20-/m0/s1. The van der Waals surface area contributed by atoms with Gasteiger partial charge in [0.25, 0.3) is 0 Å². The molecule has 8 heteroatoms. The van der Waals surface area contributed by atoms with Crippen LogP contribution in [-0.2, 0) is 4.74 Å². The van der Waals surface area contributed by atoms with Crippen molar-refractivity contribution in [3.63, 3.8) is 0 Å². The monoisotopic (exact) mass is 385 g/mol. The molecule has 2 fully saturated rings. The molecule has 3 amide bonds. The molecule has 0 radical (unpaired) electrons. The minimum Gasteiger partial charge on any atom is -0.439 e. The second kappa shape index (κ2) is 6.54. The van der Waals surface area contributed by atoms with Gasteiger partial charge in [-0.15, -0.1) is 0 Å². The molecule has 4 rings (SSSR count). The van der Waals surface area contributed by atoms with Crippen LogP contribution in [0.15, 0.2) is 27.4 Å². The number of urea groups is 1. The van der Waals surface area contributed by atoms with Crippen molar-refractivity contribution in [1.29, 1.82) is 0 Å². The van der Waals surface area contributed by atoms with Gasteiger partial charge in [-0.1, -0.05) is 0 Å². The van der Waals surface area contributed by atoms with E-state index in [1.165, 1.54) is 6.07 Å². The van der Waals surface area contributed by atoms with Crippen LogP contribution in [0.25, 0.3) is 11.0 Å². The molecule has 0 saturated carbocycles. The summed E-state index contributed by atoms with van der Waals surface area (Å²) in [5.74, 6) is 0. The number of rotatable bonds is 1. The van der Waals surface area contributed by atoms with Gasteiger partial charge in [-0.25, -0.2) is 14.4 Å². The van der Waals surface area contributed by atoms with E-state index in [-0.39, 0.29) is 12.1 Å². The Morgan fingerprint density at radius 2 is 1.93 bits per heavy atom. The summed E-state index contributed by atoms with van der Waals surface area (Å²) in [5, 5.41) is 3.74. The van der Waals surface area contributed by atoms with Crippen LogP contribution in [0.4, 0.5) is 15.3 Å². The van der Waals surface area contributed by atoms with E-state index in [4.69, 9.17) is 9.15 Å². The average molecular weight is 385 g/mol. The van der Waals surface area contributed by atoms with E-state index < -0.39 is 11.2 Å². The number of likely N-dealkylation sites (N-methyl/N-ethyl adjacent to an activating group) is 1. The third-order valence-electron chi connectivity index (χ3n) is 5.51. The third-order valence-corrected chi connectivity index (χ3v) is 5.51. The van der Waals surface area contributed by atoms with E-state index in [1.54, 1.807) is 22.9 Å². The summed E-state index contributed by atoms with van der Waals surface area (Å²) in [4.78, 5) is 39.5. The Balaban J connectivity index is 1.56. The lowest BCUT2D eigenvalue weighted by atomic mass is 9.93. The molecular weight excluding hydrogens is 362 g/mol. The highest BCUT2D eigenvalue weighted by molar-refractivity contribution is 5.94. The maximum atomic E-state index is 12.9. The smallest absolute Gasteiger partial charge is 0.410 e. The zero-order valence-electron chi connectivity index (χ0n) is 16.2. The molecule has 0 aliphatic carbocycles. The molecule has 2 saturated heterocycles. The van der Waals surface area contributed by atoms with Crippen LogP contribution in [0.1, 0.15) is 24.0 Å². The van der Waals surface area contributed by atoms with Gasteiger partial charge in [-0.05, 0) is 49.9 Å². The van der Waals surface area contributed by atoms with Crippen LogP contribution in [0.2, 0.25) is 0 Å². The normalized spacial score (nSPS) is 22.0. The van der Waals surface area contributed by atoms with E-state index in [9.17, 15) is 14.4 Å². The molecule has 2 aliphatic rings. The van der Waals surface area contributed by atoms with Gasteiger partial charge in [0.1, 0.15) is 11.2 Å². The summed E-state index contributed by atoms with van der Waals surface area (Å²) < 4.78 is 10.8. The molecule has 2 aromatic rings. The van der Waals surface area contributed by atoms with Gasteiger partial charge in [-0.3, -0.25) is 0 Å². The molecule has 0 unspecified atom stereocenters. The van der Waals surface area contributed by atoms with E-state index in [0.717, 1.165) is 29.4 Å². The van der Waals surface area contributed by atoms with Crippen molar-refractivity contribution >= 4 is 28.8 Å². The number of hydrogen-bond acceptors (Lipinski definition) is 5. The molecule has 0 bridgehead atoms. The van der Waals surface area contributed by atoms with Crippen LogP contribution in [-0.4, -0.2) is 54.2 Å². The molecule has 1 spiro atoms. The highest BCUT2D eigenvalue weighted by atomic mass is 16.6. The molecule has 1 aromatic carbocycles. The highest BCUT2D eigenvalue weighted by Crippen LogP contribution is 2.32. The van der Waals surface area contributed by atoms with E-state index >= 15 is 0 Å². The number of carbonyl (C=O) groups is 2.